The van der Waals surface area contributed by atoms with Gasteiger partial charge in [0.25, 0.3) is 0 Å². The van der Waals surface area contributed by atoms with Crippen molar-refractivity contribution in [3.63, 3.8) is 0 Å². The molecule has 1 atom stereocenters. The van der Waals surface area contributed by atoms with Crippen molar-refractivity contribution in [1.82, 2.24) is 9.88 Å². The van der Waals surface area contributed by atoms with Crippen LogP contribution in [0, 0.1) is 0 Å². The van der Waals surface area contributed by atoms with Crippen molar-refractivity contribution in [2.75, 3.05) is 0 Å². The molecule has 4 heteroatoms. The van der Waals surface area contributed by atoms with Crippen LogP contribution in [0.1, 0.15) is 22.7 Å². The number of rotatable bonds is 2. The van der Waals surface area contributed by atoms with Crippen LogP contribution in [0.5, 0.6) is 0 Å². The lowest BCUT2D eigenvalue weighted by Gasteiger charge is -2.23. The van der Waals surface area contributed by atoms with Gasteiger partial charge in [-0.05, 0) is 34.4 Å². The van der Waals surface area contributed by atoms with E-state index in [1.165, 1.54) is 5.56 Å². The van der Waals surface area contributed by atoms with E-state index in [-0.39, 0.29) is 6.04 Å². The van der Waals surface area contributed by atoms with Crippen LogP contribution in [0.3, 0.4) is 0 Å². The fourth-order valence-electron chi connectivity index (χ4n) is 4.11. The second-order valence-corrected chi connectivity index (χ2v) is 6.94. The number of aromatic nitrogens is 1. The second kappa shape index (κ2) is 6.02. The second-order valence-electron chi connectivity index (χ2n) is 6.94. The summed E-state index contributed by atoms with van der Waals surface area (Å²) in [6.07, 6.45) is 2.00. The molecule has 0 saturated carbocycles. The minimum absolute atomic E-state index is 0.168. The summed E-state index contributed by atoms with van der Waals surface area (Å²) < 4.78 is 0. The summed E-state index contributed by atoms with van der Waals surface area (Å²) in [7, 11) is 0. The zero-order valence-electron chi connectivity index (χ0n) is 14.7. The van der Waals surface area contributed by atoms with Gasteiger partial charge in [-0.3, -0.25) is 0 Å². The van der Waals surface area contributed by atoms with E-state index in [1.54, 1.807) is 4.90 Å². The van der Waals surface area contributed by atoms with Crippen LogP contribution in [0.4, 0.5) is 4.79 Å². The monoisotopic (exact) mass is 353 g/mol. The number of carbonyl (C=O) groups excluding carboxylic acids is 1. The van der Waals surface area contributed by atoms with E-state index >= 15 is 0 Å². The molecule has 3 aromatic carbocycles. The molecule has 2 amide bonds. The zero-order valence-corrected chi connectivity index (χ0v) is 14.7. The molecule has 0 fully saturated rings. The topological polar surface area (TPSA) is 62.1 Å². The van der Waals surface area contributed by atoms with Gasteiger partial charge in [-0.25, -0.2) is 4.79 Å². The van der Waals surface area contributed by atoms with Crippen LogP contribution >= 0.6 is 0 Å². The first-order valence-electron chi connectivity index (χ1n) is 9.03. The van der Waals surface area contributed by atoms with Gasteiger partial charge in [0.05, 0.1) is 6.04 Å². The predicted octanol–water partition coefficient (Wildman–Crippen LogP) is 4.82. The maximum absolute atomic E-state index is 12.1. The smallest absolute Gasteiger partial charge is 0.315 e. The standard InChI is InChI=1S/C23H19N3O/c24-23(27)26-14-17-8-4-5-9-18(17)22(26)20-13-25-21-11-10-16(12-19(20)21)15-6-2-1-3-7-15/h1-13,22,25H,14H2,(H2,24,27). The molecule has 4 aromatic rings. The number of aromatic amines is 1. The van der Waals surface area contributed by atoms with Gasteiger partial charge in [0.15, 0.2) is 0 Å². The molecule has 0 bridgehead atoms. The Hall–Kier alpha value is -3.53. The molecule has 1 aromatic heterocycles. The Labute approximate surface area is 157 Å². The lowest BCUT2D eigenvalue weighted by atomic mass is 9.96. The number of primary amides is 1. The molecule has 0 aliphatic carbocycles. The van der Waals surface area contributed by atoms with Crippen LogP contribution < -0.4 is 5.73 Å². The molecule has 0 saturated heterocycles. The van der Waals surface area contributed by atoms with E-state index < -0.39 is 6.03 Å². The van der Waals surface area contributed by atoms with E-state index in [0.717, 1.165) is 33.2 Å². The Balaban J connectivity index is 1.69. The summed E-state index contributed by atoms with van der Waals surface area (Å²) in [6.45, 7) is 0.543. The van der Waals surface area contributed by atoms with Gasteiger partial charge >= 0.3 is 6.03 Å². The molecular formula is C23H19N3O. The van der Waals surface area contributed by atoms with Gasteiger partial charge in [0.1, 0.15) is 0 Å². The van der Waals surface area contributed by atoms with Crippen molar-refractivity contribution in [1.29, 1.82) is 0 Å². The molecular weight excluding hydrogens is 334 g/mol. The first kappa shape index (κ1) is 15.7. The van der Waals surface area contributed by atoms with Gasteiger partial charge in [-0.1, -0.05) is 60.7 Å². The highest BCUT2D eigenvalue weighted by Gasteiger charge is 2.34. The van der Waals surface area contributed by atoms with Crippen LogP contribution in [-0.2, 0) is 6.54 Å². The molecule has 0 radical (unpaired) electrons. The van der Waals surface area contributed by atoms with Crippen molar-refractivity contribution in [2.24, 2.45) is 5.73 Å². The number of hydrogen-bond acceptors (Lipinski definition) is 1. The summed E-state index contributed by atoms with van der Waals surface area (Å²) in [5.41, 5.74) is 12.5. The highest BCUT2D eigenvalue weighted by Crippen LogP contribution is 2.41. The van der Waals surface area contributed by atoms with E-state index in [0.29, 0.717) is 6.54 Å². The van der Waals surface area contributed by atoms with Gasteiger partial charge < -0.3 is 15.6 Å². The van der Waals surface area contributed by atoms with Crippen molar-refractivity contribution < 1.29 is 4.79 Å². The Morgan fingerprint density at radius 2 is 1.70 bits per heavy atom. The number of nitrogens with zero attached hydrogens (tertiary/aromatic N) is 1. The number of benzene rings is 3. The predicted molar refractivity (Wildman–Crippen MR) is 107 cm³/mol. The maximum Gasteiger partial charge on any atom is 0.315 e. The molecule has 5 rings (SSSR count). The summed E-state index contributed by atoms with van der Waals surface area (Å²) in [4.78, 5) is 17.2. The third-order valence-electron chi connectivity index (χ3n) is 5.40. The Morgan fingerprint density at radius 1 is 0.926 bits per heavy atom. The van der Waals surface area contributed by atoms with E-state index in [2.05, 4.69) is 47.4 Å². The van der Waals surface area contributed by atoms with Crippen molar-refractivity contribution in [3.8, 4) is 11.1 Å². The maximum atomic E-state index is 12.1. The van der Waals surface area contributed by atoms with Crippen LogP contribution in [0.25, 0.3) is 22.0 Å². The first-order chi connectivity index (χ1) is 13.2. The minimum Gasteiger partial charge on any atom is -0.361 e. The molecule has 0 spiro atoms. The fourth-order valence-corrected chi connectivity index (χ4v) is 4.11. The summed E-state index contributed by atoms with van der Waals surface area (Å²) in [6, 6.07) is 24.3. The van der Waals surface area contributed by atoms with Crippen LogP contribution in [-0.4, -0.2) is 15.9 Å². The molecule has 132 valence electrons. The summed E-state index contributed by atoms with van der Waals surface area (Å²) in [5.74, 6) is 0. The average Bonchev–Trinajstić information content (AvgIpc) is 3.29. The number of amides is 2. The fraction of sp³-hybridized carbons (Fsp3) is 0.0870. The molecule has 1 unspecified atom stereocenters. The molecule has 1 aliphatic heterocycles. The van der Waals surface area contributed by atoms with Crippen molar-refractivity contribution in [3.05, 3.63) is 95.7 Å². The number of nitrogens with one attached hydrogen (secondary N) is 1. The number of fused-ring (bicyclic) bond motifs is 2. The Morgan fingerprint density at radius 3 is 2.52 bits per heavy atom. The van der Waals surface area contributed by atoms with Crippen molar-refractivity contribution in [2.45, 2.75) is 12.6 Å². The highest BCUT2D eigenvalue weighted by molar-refractivity contribution is 5.89. The molecule has 3 N–H and O–H groups in total. The van der Waals surface area contributed by atoms with E-state index in [4.69, 9.17) is 5.73 Å². The molecule has 1 aliphatic rings. The number of carbonyl (C=O) groups is 1. The van der Waals surface area contributed by atoms with Crippen LogP contribution in [0.2, 0.25) is 0 Å². The first-order valence-corrected chi connectivity index (χ1v) is 9.03. The zero-order chi connectivity index (χ0) is 18.4. The summed E-state index contributed by atoms with van der Waals surface area (Å²) >= 11 is 0. The average molecular weight is 353 g/mol. The highest BCUT2D eigenvalue weighted by atomic mass is 16.2. The third-order valence-corrected chi connectivity index (χ3v) is 5.40. The minimum atomic E-state index is -0.398. The largest absolute Gasteiger partial charge is 0.361 e. The SMILES string of the molecule is NC(=O)N1Cc2ccccc2C1c1c[nH]c2ccc(-c3ccccc3)cc12. The Bertz CT molecular complexity index is 1150. The number of H-pyrrole nitrogens is 1. The lowest BCUT2D eigenvalue weighted by molar-refractivity contribution is 0.199. The number of urea groups is 1. The quantitative estimate of drug-likeness (QED) is 0.533. The normalized spacial score (nSPS) is 15.9. The number of nitrogens with two attached hydrogens (primary N) is 1. The third kappa shape index (κ3) is 2.49. The Kier molecular flexibility index (Phi) is 3.50. The molecule has 2 heterocycles. The van der Waals surface area contributed by atoms with Crippen molar-refractivity contribution >= 4 is 16.9 Å². The summed E-state index contributed by atoms with van der Waals surface area (Å²) in [5, 5.41) is 1.12. The molecule has 4 nitrogen and oxygen atoms in total. The van der Waals surface area contributed by atoms with Gasteiger partial charge in [-0.15, -0.1) is 0 Å². The van der Waals surface area contributed by atoms with Gasteiger partial charge in [0.2, 0.25) is 0 Å². The lowest BCUT2D eigenvalue weighted by Crippen LogP contribution is -2.34. The van der Waals surface area contributed by atoms with E-state index in [9.17, 15) is 4.79 Å². The van der Waals surface area contributed by atoms with Gasteiger partial charge in [0, 0.05) is 29.2 Å². The van der Waals surface area contributed by atoms with Crippen LogP contribution in [0.15, 0.2) is 79.0 Å². The number of hydrogen-bond donors (Lipinski definition) is 2. The molecule has 27 heavy (non-hydrogen) atoms. The van der Waals surface area contributed by atoms with E-state index in [1.807, 2.05) is 36.5 Å². The van der Waals surface area contributed by atoms with Gasteiger partial charge in [-0.2, -0.15) is 0 Å².